The molecule has 0 aliphatic heterocycles. The fraction of sp³-hybridized carbons (Fsp3) is 0.222. The number of hydrogen-bond donors (Lipinski definition) is 0. The Morgan fingerprint density at radius 2 is 1.67 bits per heavy atom. The van der Waals surface area contributed by atoms with Gasteiger partial charge in [-0.2, -0.15) is 0 Å². The minimum atomic E-state index is -1.86. The van der Waals surface area contributed by atoms with E-state index in [1.807, 2.05) is 0 Å². The van der Waals surface area contributed by atoms with Crippen molar-refractivity contribution in [2.75, 3.05) is 0 Å². The first-order chi connectivity index (χ1) is 6.97. The van der Waals surface area contributed by atoms with Crippen LogP contribution in [0.25, 0.3) is 0 Å². The minimum absolute atomic E-state index is 0.297. The molecule has 0 radical (unpaired) electrons. The first-order valence-electron chi connectivity index (χ1n) is 3.72. The van der Waals surface area contributed by atoms with Crippen LogP contribution in [0.4, 0.5) is 0 Å². The minimum Gasteiger partial charge on any atom is -0.431 e. The van der Waals surface area contributed by atoms with Crippen molar-refractivity contribution in [3.05, 3.63) is 24.7 Å². The van der Waals surface area contributed by atoms with Gasteiger partial charge in [0.25, 0.3) is 0 Å². The van der Waals surface area contributed by atoms with E-state index in [4.69, 9.17) is 9.47 Å². The van der Waals surface area contributed by atoms with Gasteiger partial charge in [0.15, 0.2) is 24.1 Å². The van der Waals surface area contributed by atoms with Crippen molar-refractivity contribution in [3.8, 4) is 0 Å². The van der Waals surface area contributed by atoms with E-state index < -0.39 is 5.91 Å². The van der Waals surface area contributed by atoms with Crippen LogP contribution in [0.2, 0.25) is 0 Å². The Labute approximate surface area is 85.9 Å². The first kappa shape index (κ1) is 12.8. The molecule has 0 fully saturated rings. The Hall–Kier alpha value is -2.20. The monoisotopic (exact) mass is 211 g/mol. The smallest absolute Gasteiger partial charge is 0.363 e. The molecule has 0 spiro atoms. The van der Waals surface area contributed by atoms with Gasteiger partial charge < -0.3 is 9.47 Å². The molecule has 0 N–H and O–H groups in total. The van der Waals surface area contributed by atoms with Crippen LogP contribution in [0.3, 0.4) is 0 Å². The third kappa shape index (κ3) is 4.54. The Kier molecular flexibility index (Phi) is 4.70. The predicted octanol–water partition coefficient (Wildman–Crippen LogP) is 0.454. The largest absolute Gasteiger partial charge is 0.431 e. The molecule has 15 heavy (non-hydrogen) atoms. The lowest BCUT2D eigenvalue weighted by atomic mass is 10.5. The lowest BCUT2D eigenvalue weighted by molar-refractivity contribution is -0.173. The van der Waals surface area contributed by atoms with Gasteiger partial charge in [0, 0.05) is 6.92 Å². The maximum absolute atomic E-state index is 10.2. The van der Waals surface area contributed by atoms with Gasteiger partial charge in [-0.25, -0.2) is 4.79 Å². The van der Waals surface area contributed by atoms with Crippen molar-refractivity contribution >= 4 is 18.7 Å². The van der Waals surface area contributed by atoms with Crippen molar-refractivity contribution in [3.63, 3.8) is 0 Å². The summed E-state index contributed by atoms with van der Waals surface area (Å²) >= 11 is 0. The zero-order valence-electron chi connectivity index (χ0n) is 8.06. The lowest BCUT2D eigenvalue weighted by Crippen LogP contribution is -2.29. The molecule has 0 aromatic carbocycles. The summed E-state index contributed by atoms with van der Waals surface area (Å²) in [5.41, 5.74) is 0. The summed E-state index contributed by atoms with van der Waals surface area (Å²) in [7, 11) is 0. The van der Waals surface area contributed by atoms with E-state index in [1.165, 1.54) is 13.0 Å². The van der Waals surface area contributed by atoms with Crippen molar-refractivity contribution < 1.29 is 23.9 Å². The standard InChI is InChI=1S/C9H9NO5/c1-7(4-11)14-9(3,10-6-13)15-8(2)5-12/h4-5H,1-2H2,3H3. The number of carbonyl (C=O) groups is 2. The van der Waals surface area contributed by atoms with Crippen LogP contribution in [0.1, 0.15) is 6.92 Å². The van der Waals surface area contributed by atoms with Gasteiger partial charge in [-0.15, -0.1) is 4.99 Å². The van der Waals surface area contributed by atoms with Gasteiger partial charge in [-0.1, -0.05) is 13.2 Å². The number of ether oxygens (including phenoxy) is 2. The SMILES string of the molecule is C=C(C=O)OC(C)(N=C=O)OC(=C)C=O. The highest BCUT2D eigenvalue weighted by Gasteiger charge is 2.29. The number of allylic oxidation sites excluding steroid dienone is 2. The second kappa shape index (κ2) is 5.51. The molecule has 0 bridgehead atoms. The molecule has 0 unspecified atom stereocenters. The highest BCUT2D eigenvalue weighted by Crippen LogP contribution is 2.19. The lowest BCUT2D eigenvalue weighted by Gasteiger charge is -2.24. The van der Waals surface area contributed by atoms with Gasteiger partial charge >= 0.3 is 5.91 Å². The van der Waals surface area contributed by atoms with Gasteiger partial charge in [0.1, 0.15) is 0 Å². The van der Waals surface area contributed by atoms with E-state index >= 15 is 0 Å². The number of rotatable bonds is 7. The highest BCUT2D eigenvalue weighted by molar-refractivity contribution is 5.70. The molecular formula is C9H9NO5. The second-order valence-electron chi connectivity index (χ2n) is 2.47. The summed E-state index contributed by atoms with van der Waals surface area (Å²) < 4.78 is 9.53. The summed E-state index contributed by atoms with van der Waals surface area (Å²) in [5.74, 6) is -2.48. The molecule has 0 rings (SSSR count). The van der Waals surface area contributed by atoms with E-state index in [1.54, 1.807) is 0 Å². The van der Waals surface area contributed by atoms with Crippen LogP contribution in [0.15, 0.2) is 29.7 Å². The zero-order valence-corrected chi connectivity index (χ0v) is 8.06. The molecule has 80 valence electrons. The Bertz CT molecular complexity index is 318. The average Bonchev–Trinajstić information content (AvgIpc) is 2.17. The first-order valence-corrected chi connectivity index (χ1v) is 3.72. The normalized spacial score (nSPS) is 9.40. The molecule has 0 aromatic rings. The fourth-order valence-corrected chi connectivity index (χ4v) is 0.684. The van der Waals surface area contributed by atoms with Crippen molar-refractivity contribution in [2.45, 2.75) is 12.8 Å². The maximum Gasteiger partial charge on any atom is 0.363 e. The van der Waals surface area contributed by atoms with Gasteiger partial charge in [-0.3, -0.25) is 9.59 Å². The van der Waals surface area contributed by atoms with Crippen LogP contribution in [0.5, 0.6) is 0 Å². The summed E-state index contributed by atoms with van der Waals surface area (Å²) in [6, 6.07) is 0. The topological polar surface area (TPSA) is 82.0 Å². The quantitative estimate of drug-likeness (QED) is 0.152. The molecule has 0 saturated carbocycles. The fourth-order valence-electron chi connectivity index (χ4n) is 0.684. The number of nitrogens with zero attached hydrogens (tertiary/aromatic N) is 1. The predicted molar refractivity (Wildman–Crippen MR) is 49.1 cm³/mol. The second-order valence-corrected chi connectivity index (χ2v) is 2.47. The molecule has 0 aromatic heterocycles. The van der Waals surface area contributed by atoms with E-state index in [9.17, 15) is 14.4 Å². The van der Waals surface area contributed by atoms with Crippen LogP contribution < -0.4 is 0 Å². The Morgan fingerprint density at radius 1 is 1.27 bits per heavy atom. The average molecular weight is 211 g/mol. The van der Waals surface area contributed by atoms with Crippen molar-refractivity contribution in [2.24, 2.45) is 4.99 Å². The number of carbonyl (C=O) groups excluding carboxylic acids is 3. The van der Waals surface area contributed by atoms with E-state index in [0.717, 1.165) is 0 Å². The maximum atomic E-state index is 10.2. The molecule has 6 heteroatoms. The highest BCUT2D eigenvalue weighted by atomic mass is 16.7. The van der Waals surface area contributed by atoms with E-state index in [0.29, 0.717) is 12.6 Å². The van der Waals surface area contributed by atoms with Crippen molar-refractivity contribution in [1.29, 1.82) is 0 Å². The molecule has 6 nitrogen and oxygen atoms in total. The zero-order chi connectivity index (χ0) is 11.9. The van der Waals surface area contributed by atoms with Crippen molar-refractivity contribution in [1.82, 2.24) is 0 Å². The van der Waals surface area contributed by atoms with Crippen LogP contribution >= 0.6 is 0 Å². The molecule has 0 aliphatic carbocycles. The third-order valence-electron chi connectivity index (χ3n) is 1.15. The molecule has 0 aliphatic rings. The number of aldehydes is 2. The summed E-state index contributed by atoms with van der Waals surface area (Å²) in [6.07, 6.45) is 1.77. The summed E-state index contributed by atoms with van der Waals surface area (Å²) in [6.45, 7) is 7.59. The van der Waals surface area contributed by atoms with E-state index in [-0.39, 0.29) is 11.5 Å². The summed E-state index contributed by atoms with van der Waals surface area (Å²) in [4.78, 5) is 33.7. The molecule has 0 saturated heterocycles. The van der Waals surface area contributed by atoms with Gasteiger partial charge in [-0.05, 0) is 0 Å². The van der Waals surface area contributed by atoms with E-state index in [2.05, 4.69) is 18.2 Å². The molecule has 0 atom stereocenters. The Morgan fingerprint density at radius 3 is 1.93 bits per heavy atom. The molecule has 0 amide bonds. The Balaban J connectivity index is 4.80. The van der Waals surface area contributed by atoms with Crippen LogP contribution in [0, 0.1) is 0 Å². The van der Waals surface area contributed by atoms with Gasteiger partial charge in [0.2, 0.25) is 6.08 Å². The number of aliphatic imine (C=N–C) groups is 1. The van der Waals surface area contributed by atoms with Crippen LogP contribution in [-0.2, 0) is 23.9 Å². The number of isocyanates is 1. The summed E-state index contributed by atoms with van der Waals surface area (Å²) in [5, 5.41) is 0. The molecule has 0 heterocycles. The third-order valence-corrected chi connectivity index (χ3v) is 1.15. The van der Waals surface area contributed by atoms with Gasteiger partial charge in [0.05, 0.1) is 0 Å². The number of hydrogen-bond acceptors (Lipinski definition) is 6. The molecular weight excluding hydrogens is 202 g/mol. The van der Waals surface area contributed by atoms with Crippen LogP contribution in [-0.4, -0.2) is 24.6 Å².